The molecule has 0 aliphatic carbocycles. The molecule has 1 atom stereocenters. The monoisotopic (exact) mass is 399 g/mol. The Labute approximate surface area is 162 Å². The minimum atomic E-state index is -0.420. The number of benzene rings is 2. The molecule has 0 saturated heterocycles. The number of rotatable bonds is 5. The number of aromatic nitrogens is 2. The number of nitrogens with one attached hydrogen (secondary N) is 1. The first-order valence-corrected chi connectivity index (χ1v) is 9.83. The van der Waals surface area contributed by atoms with E-state index in [1.807, 2.05) is 24.3 Å². The van der Waals surface area contributed by atoms with Crippen molar-refractivity contribution in [3.05, 3.63) is 60.5 Å². The Bertz CT molecular complexity index is 1060. The molecule has 0 fully saturated rings. The van der Waals surface area contributed by atoms with Crippen molar-refractivity contribution in [2.45, 2.75) is 17.4 Å². The Balaban J connectivity index is 1.41. The number of hydrogen-bond donors (Lipinski definition) is 1. The van der Waals surface area contributed by atoms with Crippen LogP contribution < -0.4 is 5.32 Å². The van der Waals surface area contributed by atoms with Gasteiger partial charge in [-0.2, -0.15) is 0 Å². The molecule has 2 aromatic heterocycles. The molecule has 4 aromatic rings. The van der Waals surface area contributed by atoms with Crippen molar-refractivity contribution in [2.24, 2.45) is 0 Å². The van der Waals surface area contributed by atoms with E-state index in [9.17, 15) is 9.18 Å². The van der Waals surface area contributed by atoms with Gasteiger partial charge in [0.15, 0.2) is 10.9 Å². The molecule has 27 heavy (non-hydrogen) atoms. The number of hydrogen-bond acceptors (Lipinski definition) is 6. The third kappa shape index (κ3) is 4.01. The largest absolute Gasteiger partial charge is 0.431 e. The molecule has 1 N–H and O–H groups in total. The molecule has 1 unspecified atom stereocenters. The number of halogens is 1. The zero-order chi connectivity index (χ0) is 18.8. The van der Waals surface area contributed by atoms with Crippen LogP contribution >= 0.6 is 23.1 Å². The average molecular weight is 399 g/mol. The van der Waals surface area contributed by atoms with Crippen LogP contribution in [0, 0.1) is 5.82 Å². The van der Waals surface area contributed by atoms with Crippen LogP contribution in [0.3, 0.4) is 0 Å². The lowest BCUT2D eigenvalue weighted by Crippen LogP contribution is -2.22. The summed E-state index contributed by atoms with van der Waals surface area (Å²) in [5.41, 5.74) is 1.58. The quantitative estimate of drug-likeness (QED) is 0.467. The lowest BCUT2D eigenvalue weighted by atomic mass is 10.2. The SMILES string of the molecule is CC(Sc1ncc(-c2ccc(F)cc2)o1)C(=O)Nc1nc2ccccc2s1. The fraction of sp³-hybridized carbons (Fsp3) is 0.105. The van der Waals surface area contributed by atoms with Crippen molar-refractivity contribution in [3.8, 4) is 11.3 Å². The number of carbonyl (C=O) groups excluding carboxylic acids is 1. The number of anilines is 1. The first-order chi connectivity index (χ1) is 13.1. The zero-order valence-electron chi connectivity index (χ0n) is 14.2. The van der Waals surface area contributed by atoms with Crippen LogP contribution in [0.1, 0.15) is 6.92 Å². The second-order valence-electron chi connectivity index (χ2n) is 5.73. The molecule has 0 radical (unpaired) electrons. The predicted molar refractivity (Wildman–Crippen MR) is 105 cm³/mol. The minimum Gasteiger partial charge on any atom is -0.431 e. The van der Waals surface area contributed by atoms with Crippen molar-refractivity contribution in [2.75, 3.05) is 5.32 Å². The van der Waals surface area contributed by atoms with E-state index in [4.69, 9.17) is 4.42 Å². The second-order valence-corrected chi connectivity index (χ2v) is 8.06. The summed E-state index contributed by atoms with van der Waals surface area (Å²) in [5, 5.41) is 3.35. The van der Waals surface area contributed by atoms with Crippen molar-refractivity contribution in [1.82, 2.24) is 9.97 Å². The van der Waals surface area contributed by atoms with Crippen LogP contribution in [0.25, 0.3) is 21.5 Å². The zero-order valence-corrected chi connectivity index (χ0v) is 15.8. The van der Waals surface area contributed by atoms with E-state index in [0.717, 1.165) is 15.8 Å². The van der Waals surface area contributed by atoms with Gasteiger partial charge in [-0.15, -0.1) is 0 Å². The summed E-state index contributed by atoms with van der Waals surface area (Å²) in [5.74, 6) is 0.0323. The van der Waals surface area contributed by atoms with E-state index in [-0.39, 0.29) is 11.7 Å². The van der Waals surface area contributed by atoms with E-state index >= 15 is 0 Å². The second kappa shape index (κ2) is 7.50. The van der Waals surface area contributed by atoms with Crippen molar-refractivity contribution < 1.29 is 13.6 Å². The number of amides is 1. The van der Waals surface area contributed by atoms with Crippen LogP contribution in [0.15, 0.2) is 64.4 Å². The lowest BCUT2D eigenvalue weighted by molar-refractivity contribution is -0.115. The molecule has 5 nitrogen and oxygen atoms in total. The summed E-state index contributed by atoms with van der Waals surface area (Å²) in [6.45, 7) is 1.77. The van der Waals surface area contributed by atoms with E-state index in [1.54, 1.807) is 25.3 Å². The van der Waals surface area contributed by atoms with Crippen molar-refractivity contribution in [3.63, 3.8) is 0 Å². The van der Waals surface area contributed by atoms with Gasteiger partial charge in [0, 0.05) is 5.56 Å². The van der Waals surface area contributed by atoms with Gasteiger partial charge in [-0.3, -0.25) is 4.79 Å². The van der Waals surface area contributed by atoms with Gasteiger partial charge in [-0.05, 0) is 43.3 Å². The number of thiazole rings is 1. The summed E-state index contributed by atoms with van der Waals surface area (Å²) in [6.07, 6.45) is 1.56. The van der Waals surface area contributed by atoms with E-state index in [0.29, 0.717) is 16.1 Å². The molecule has 2 heterocycles. The molecule has 0 aliphatic heterocycles. The number of carbonyl (C=O) groups is 1. The number of oxazole rings is 1. The predicted octanol–water partition coefficient (Wildman–Crippen LogP) is 5.21. The van der Waals surface area contributed by atoms with Gasteiger partial charge in [-0.1, -0.05) is 35.2 Å². The molecule has 136 valence electrons. The Kier molecular flexibility index (Phi) is 4.91. The van der Waals surface area contributed by atoms with Crippen LogP contribution in [-0.4, -0.2) is 21.1 Å². The van der Waals surface area contributed by atoms with Gasteiger partial charge in [0.1, 0.15) is 5.82 Å². The summed E-state index contributed by atoms with van der Waals surface area (Å²) in [4.78, 5) is 21.0. The molecular weight excluding hydrogens is 385 g/mol. The van der Waals surface area contributed by atoms with E-state index < -0.39 is 5.25 Å². The smallest absolute Gasteiger partial charge is 0.256 e. The Hall–Kier alpha value is -2.71. The van der Waals surface area contributed by atoms with Gasteiger partial charge in [0.25, 0.3) is 5.22 Å². The lowest BCUT2D eigenvalue weighted by Gasteiger charge is -2.07. The van der Waals surface area contributed by atoms with E-state index in [1.165, 1.54) is 35.2 Å². The first kappa shape index (κ1) is 17.7. The molecule has 4 rings (SSSR count). The molecule has 0 bridgehead atoms. The topological polar surface area (TPSA) is 68.0 Å². The Morgan fingerprint density at radius 3 is 2.78 bits per heavy atom. The van der Waals surface area contributed by atoms with Crippen LogP contribution in [0.5, 0.6) is 0 Å². The third-order valence-corrected chi connectivity index (χ3v) is 5.69. The average Bonchev–Trinajstić information content (AvgIpc) is 3.28. The highest BCUT2D eigenvalue weighted by atomic mass is 32.2. The highest BCUT2D eigenvalue weighted by Gasteiger charge is 2.19. The highest BCUT2D eigenvalue weighted by Crippen LogP contribution is 2.30. The fourth-order valence-electron chi connectivity index (χ4n) is 2.40. The standard InChI is InChI=1S/C19H14FN3O2S2/c1-11(17(24)23-18-22-14-4-2-3-5-16(14)27-18)26-19-21-10-15(25-19)12-6-8-13(20)9-7-12/h2-11H,1H3,(H,22,23,24). The van der Waals surface area contributed by atoms with Gasteiger partial charge >= 0.3 is 0 Å². The molecule has 8 heteroatoms. The summed E-state index contributed by atoms with van der Waals surface area (Å²) >= 11 is 2.64. The number of thioether (sulfide) groups is 1. The molecule has 2 aromatic carbocycles. The normalized spacial score (nSPS) is 12.2. The first-order valence-electron chi connectivity index (χ1n) is 8.13. The van der Waals surface area contributed by atoms with Gasteiger partial charge in [-0.25, -0.2) is 14.4 Å². The molecular formula is C19H14FN3O2S2. The van der Waals surface area contributed by atoms with Gasteiger partial charge in [0.2, 0.25) is 5.91 Å². The summed E-state index contributed by atoms with van der Waals surface area (Å²) in [6, 6.07) is 13.7. The Morgan fingerprint density at radius 2 is 2.00 bits per heavy atom. The van der Waals surface area contributed by atoms with Crippen molar-refractivity contribution in [1.29, 1.82) is 0 Å². The van der Waals surface area contributed by atoms with Gasteiger partial charge in [0.05, 0.1) is 21.7 Å². The number of nitrogens with zero attached hydrogens (tertiary/aromatic N) is 2. The highest BCUT2D eigenvalue weighted by molar-refractivity contribution is 8.00. The number of para-hydroxylation sites is 1. The third-order valence-electron chi connectivity index (χ3n) is 3.78. The maximum Gasteiger partial charge on any atom is 0.256 e. The van der Waals surface area contributed by atoms with E-state index in [2.05, 4.69) is 15.3 Å². The molecule has 0 aliphatic rings. The maximum absolute atomic E-state index is 13.0. The molecule has 1 amide bonds. The Morgan fingerprint density at radius 1 is 1.22 bits per heavy atom. The summed E-state index contributed by atoms with van der Waals surface area (Å²) < 4.78 is 19.7. The van der Waals surface area contributed by atoms with Gasteiger partial charge < -0.3 is 9.73 Å². The van der Waals surface area contributed by atoms with Crippen LogP contribution in [0.4, 0.5) is 9.52 Å². The molecule has 0 saturated carbocycles. The maximum atomic E-state index is 13.0. The molecule has 0 spiro atoms. The van der Waals surface area contributed by atoms with Crippen LogP contribution in [-0.2, 0) is 4.79 Å². The van der Waals surface area contributed by atoms with Crippen LogP contribution in [0.2, 0.25) is 0 Å². The van der Waals surface area contributed by atoms with Crippen molar-refractivity contribution >= 4 is 44.4 Å². The minimum absolute atomic E-state index is 0.180. The summed E-state index contributed by atoms with van der Waals surface area (Å²) in [7, 11) is 0. The number of fused-ring (bicyclic) bond motifs is 1. The fourth-order valence-corrected chi connectivity index (χ4v) is 3.99.